The van der Waals surface area contributed by atoms with Crippen molar-refractivity contribution in [3.8, 4) is 0 Å². The number of rotatable bonds is 12. The molecule has 17 heteroatoms. The predicted molar refractivity (Wildman–Crippen MR) is 157 cm³/mol. The second-order valence-corrected chi connectivity index (χ2v) is 14.3. The van der Waals surface area contributed by atoms with Gasteiger partial charge in [0.2, 0.25) is 11.7 Å². The van der Waals surface area contributed by atoms with Gasteiger partial charge < -0.3 is 27.6 Å². The number of carbonyl (C=O) groups excluding carboxylic acids is 2. The van der Waals surface area contributed by atoms with Crippen LogP contribution >= 0.6 is 61.6 Å². The van der Waals surface area contributed by atoms with Crippen LogP contribution in [-0.4, -0.2) is 45.4 Å². The molecule has 2 atom stereocenters. The average Bonchev–Trinajstić information content (AvgIpc) is 2.98. The first kappa shape index (κ1) is 34.5. The lowest BCUT2D eigenvalue weighted by Gasteiger charge is -2.25. The summed E-state index contributed by atoms with van der Waals surface area (Å²) >= 11 is 24.5. The zero-order valence-electron chi connectivity index (χ0n) is 22.3. The van der Waals surface area contributed by atoms with Crippen LogP contribution in [0.15, 0.2) is 54.6 Å². The van der Waals surface area contributed by atoms with Gasteiger partial charge >= 0.3 is 27.1 Å². The van der Waals surface area contributed by atoms with E-state index >= 15 is 0 Å². The number of aromatic nitrogens is 1. The van der Waals surface area contributed by atoms with Gasteiger partial charge in [0.15, 0.2) is 0 Å². The Hall–Kier alpha value is -2.01. The largest absolute Gasteiger partial charge is 0.440 e. The first-order valence-corrected chi connectivity index (χ1v) is 16.3. The highest BCUT2D eigenvalue weighted by atomic mass is 35.5. The fourth-order valence-electron chi connectivity index (χ4n) is 3.52. The zero-order valence-corrected chi connectivity index (χ0v) is 27.1. The van der Waals surface area contributed by atoms with Crippen LogP contribution < -0.4 is 0 Å². The quantitative estimate of drug-likeness (QED) is 0.133. The van der Waals surface area contributed by atoms with E-state index in [1.807, 2.05) is 0 Å². The van der Waals surface area contributed by atoms with E-state index in [9.17, 15) is 18.7 Å². The van der Waals surface area contributed by atoms with E-state index in [0.29, 0.717) is 0 Å². The summed E-state index contributed by atoms with van der Waals surface area (Å²) in [4.78, 5) is 30.4. The topological polar surface area (TPSA) is 137 Å². The molecule has 0 N–H and O–H groups in total. The zero-order chi connectivity index (χ0) is 31.2. The molecular weight excluding hydrogens is 678 g/mol. The molecule has 0 saturated heterocycles. The predicted octanol–water partition coefficient (Wildman–Crippen LogP) is 8.38. The standard InChI is InChI=1S/C25H23Cl4NO10P2/c1-35-41(33,36-2)24(16-10-8-14(26)12-18(16)28)39-22(31)20-6-5-7-21(30-20)23(32)40-25(42(34,37-3)38-4)17-11-9-15(27)13-19(17)29/h5-13,24-25H,1-4H3. The maximum Gasteiger partial charge on any atom is 0.375 e. The second-order valence-electron chi connectivity index (χ2n) is 8.07. The van der Waals surface area contributed by atoms with E-state index < -0.39 is 38.8 Å². The van der Waals surface area contributed by atoms with Crippen molar-refractivity contribution in [1.82, 2.24) is 4.98 Å². The Morgan fingerprint density at radius 1 is 0.643 bits per heavy atom. The summed E-state index contributed by atoms with van der Waals surface area (Å²) in [6, 6.07) is 12.1. The molecule has 1 aromatic heterocycles. The highest BCUT2D eigenvalue weighted by Gasteiger charge is 2.42. The number of halogens is 4. The Morgan fingerprint density at radius 2 is 1.00 bits per heavy atom. The van der Waals surface area contributed by atoms with Gasteiger partial charge in [-0.25, -0.2) is 14.6 Å². The number of ether oxygens (including phenoxy) is 2. The van der Waals surface area contributed by atoms with E-state index in [1.54, 1.807) is 0 Å². The van der Waals surface area contributed by atoms with E-state index in [2.05, 4.69) is 4.98 Å². The Kier molecular flexibility index (Phi) is 12.0. The summed E-state index contributed by atoms with van der Waals surface area (Å²) in [6.07, 6.45) is 0. The smallest absolute Gasteiger partial charge is 0.375 e. The molecule has 0 amide bonds. The minimum atomic E-state index is -4.12. The van der Waals surface area contributed by atoms with E-state index in [-0.39, 0.29) is 42.6 Å². The number of hydrogen-bond acceptors (Lipinski definition) is 11. The molecule has 226 valence electrons. The third-order valence-corrected chi connectivity index (χ3v) is 10.7. The molecule has 2 aromatic carbocycles. The molecule has 42 heavy (non-hydrogen) atoms. The molecule has 0 fully saturated rings. The van der Waals surface area contributed by atoms with Gasteiger partial charge in [-0.2, -0.15) is 0 Å². The summed E-state index contributed by atoms with van der Waals surface area (Å²) in [6.45, 7) is 0. The fourth-order valence-corrected chi connectivity index (χ4v) is 7.33. The molecule has 2 unspecified atom stereocenters. The highest BCUT2D eigenvalue weighted by molar-refractivity contribution is 7.54. The Bertz CT molecular complexity index is 1450. The number of carbonyl (C=O) groups is 2. The third kappa shape index (κ3) is 7.73. The lowest BCUT2D eigenvalue weighted by molar-refractivity contribution is 0.0363. The van der Waals surface area contributed by atoms with E-state index in [0.717, 1.165) is 28.4 Å². The highest BCUT2D eigenvalue weighted by Crippen LogP contribution is 2.62. The fraction of sp³-hybridized carbons (Fsp3) is 0.240. The van der Waals surface area contributed by atoms with Crippen molar-refractivity contribution in [2.45, 2.75) is 11.7 Å². The van der Waals surface area contributed by atoms with Crippen LogP contribution in [0.25, 0.3) is 0 Å². The summed E-state index contributed by atoms with van der Waals surface area (Å²) in [5.41, 5.74) is -0.619. The molecule has 0 aliphatic rings. The Labute approximate surface area is 261 Å². The van der Waals surface area contributed by atoms with Gasteiger partial charge in [-0.3, -0.25) is 9.13 Å². The monoisotopic (exact) mass is 699 g/mol. The van der Waals surface area contributed by atoms with Crippen molar-refractivity contribution in [2.75, 3.05) is 28.4 Å². The molecule has 0 spiro atoms. The molecule has 0 aliphatic heterocycles. The lowest BCUT2D eigenvalue weighted by atomic mass is 10.2. The number of hydrogen-bond donors (Lipinski definition) is 0. The summed E-state index contributed by atoms with van der Waals surface area (Å²) < 4.78 is 57.8. The number of esters is 2. The first-order valence-electron chi connectivity index (χ1n) is 11.5. The van der Waals surface area contributed by atoms with E-state index in [4.69, 9.17) is 74.0 Å². The van der Waals surface area contributed by atoms with Crippen molar-refractivity contribution in [3.05, 3.63) is 97.2 Å². The van der Waals surface area contributed by atoms with Gasteiger partial charge in [0.25, 0.3) is 0 Å². The molecule has 0 bridgehead atoms. The molecule has 0 saturated carbocycles. The summed E-state index contributed by atoms with van der Waals surface area (Å²) in [5, 5.41) is 0.590. The SMILES string of the molecule is COP(=O)(OC)C(OC(=O)c1cccc(C(=O)OC(c2ccc(Cl)cc2Cl)P(=O)(OC)OC)n1)c1ccc(Cl)cc1Cl. The van der Waals surface area contributed by atoms with Crippen molar-refractivity contribution in [2.24, 2.45) is 0 Å². The van der Waals surface area contributed by atoms with Gasteiger partial charge in [-0.1, -0.05) is 64.6 Å². The molecule has 3 aromatic rings. The van der Waals surface area contributed by atoms with Crippen molar-refractivity contribution >= 4 is 73.5 Å². The van der Waals surface area contributed by atoms with Crippen molar-refractivity contribution in [1.29, 1.82) is 0 Å². The van der Waals surface area contributed by atoms with Crippen LogP contribution in [0, 0.1) is 0 Å². The van der Waals surface area contributed by atoms with Crippen LogP contribution in [0.1, 0.15) is 43.8 Å². The van der Waals surface area contributed by atoms with Crippen LogP contribution in [-0.2, 0) is 36.7 Å². The molecule has 0 aliphatic carbocycles. The van der Waals surface area contributed by atoms with Gasteiger partial charge in [-0.05, 0) is 36.4 Å². The first-order chi connectivity index (χ1) is 19.8. The Morgan fingerprint density at radius 3 is 1.31 bits per heavy atom. The number of pyridine rings is 1. The van der Waals surface area contributed by atoms with Gasteiger partial charge in [0.05, 0.1) is 0 Å². The normalized spacial score (nSPS) is 13.3. The van der Waals surface area contributed by atoms with Gasteiger partial charge in [-0.15, -0.1) is 0 Å². The van der Waals surface area contributed by atoms with Gasteiger partial charge in [0.1, 0.15) is 11.4 Å². The Balaban J connectivity index is 1.96. The second kappa shape index (κ2) is 14.6. The molecule has 1 heterocycles. The van der Waals surface area contributed by atoms with Crippen LogP contribution in [0.5, 0.6) is 0 Å². The third-order valence-electron chi connectivity index (χ3n) is 5.65. The van der Waals surface area contributed by atoms with Gasteiger partial charge in [0, 0.05) is 59.7 Å². The van der Waals surface area contributed by atoms with E-state index in [1.165, 1.54) is 54.6 Å². The van der Waals surface area contributed by atoms with Crippen molar-refractivity contribution in [3.63, 3.8) is 0 Å². The van der Waals surface area contributed by atoms with Crippen LogP contribution in [0.3, 0.4) is 0 Å². The molecule has 11 nitrogen and oxygen atoms in total. The van der Waals surface area contributed by atoms with Crippen molar-refractivity contribution < 1.29 is 46.3 Å². The average molecular weight is 701 g/mol. The maximum atomic E-state index is 13.3. The number of benzene rings is 2. The lowest BCUT2D eigenvalue weighted by Crippen LogP contribution is -2.18. The summed E-state index contributed by atoms with van der Waals surface area (Å²) in [7, 11) is -3.82. The molecule has 3 rings (SSSR count). The summed E-state index contributed by atoms with van der Waals surface area (Å²) in [5.74, 6) is -5.50. The minimum absolute atomic E-state index is 0.0209. The molecular formula is C25H23Cl4NO10P2. The molecule has 0 radical (unpaired) electrons. The maximum absolute atomic E-state index is 13.3. The minimum Gasteiger partial charge on any atom is -0.440 e. The van der Waals surface area contributed by atoms with Crippen LogP contribution in [0.2, 0.25) is 20.1 Å². The number of nitrogens with zero attached hydrogens (tertiary/aromatic N) is 1. The van der Waals surface area contributed by atoms with Crippen LogP contribution in [0.4, 0.5) is 0 Å².